The standard InChI is InChI=1S/C19H25N3O5/c1-2-20-15-5-3-4-6-16(15)22(19(20)26)13-17(23)21(10-7-18(24)25)14-8-11-27-12-9-14/h3-6,14H,2,7-13H2,1H3,(H,24,25). The van der Waals surface area contributed by atoms with E-state index in [1.165, 1.54) is 4.57 Å². The third kappa shape index (κ3) is 4.05. The highest BCUT2D eigenvalue weighted by atomic mass is 16.5. The van der Waals surface area contributed by atoms with Crippen LogP contribution in [0.2, 0.25) is 0 Å². The number of carbonyl (C=O) groups excluding carboxylic acids is 1. The van der Waals surface area contributed by atoms with Crippen LogP contribution in [0.15, 0.2) is 29.1 Å². The van der Waals surface area contributed by atoms with Gasteiger partial charge in [-0.2, -0.15) is 0 Å². The molecule has 0 saturated carbocycles. The van der Waals surface area contributed by atoms with Gasteiger partial charge in [-0.25, -0.2) is 4.79 Å². The fraction of sp³-hybridized carbons (Fsp3) is 0.526. The molecule has 2 aromatic rings. The summed E-state index contributed by atoms with van der Waals surface area (Å²) in [7, 11) is 0. The Hall–Kier alpha value is -2.61. The van der Waals surface area contributed by atoms with Crippen molar-refractivity contribution < 1.29 is 19.4 Å². The van der Waals surface area contributed by atoms with Crippen molar-refractivity contribution in [1.82, 2.24) is 14.0 Å². The van der Waals surface area contributed by atoms with Gasteiger partial charge in [-0.15, -0.1) is 0 Å². The number of hydrogen-bond acceptors (Lipinski definition) is 4. The van der Waals surface area contributed by atoms with Gasteiger partial charge in [-0.1, -0.05) is 12.1 Å². The lowest BCUT2D eigenvalue weighted by atomic mass is 10.1. The number of aryl methyl sites for hydroxylation is 1. The lowest BCUT2D eigenvalue weighted by Gasteiger charge is -2.34. The van der Waals surface area contributed by atoms with Gasteiger partial charge in [0.15, 0.2) is 0 Å². The molecule has 0 radical (unpaired) electrons. The SMILES string of the molecule is CCn1c(=O)n(CC(=O)N(CCC(=O)O)C2CCOCC2)c2ccccc21. The van der Waals surface area contributed by atoms with Crippen LogP contribution in [0, 0.1) is 0 Å². The molecule has 0 bridgehead atoms. The number of para-hydroxylation sites is 2. The van der Waals surface area contributed by atoms with Crippen LogP contribution in [0.1, 0.15) is 26.2 Å². The first kappa shape index (κ1) is 19.2. The van der Waals surface area contributed by atoms with Crippen LogP contribution in [-0.4, -0.2) is 56.8 Å². The van der Waals surface area contributed by atoms with Gasteiger partial charge < -0.3 is 14.7 Å². The summed E-state index contributed by atoms with van der Waals surface area (Å²) in [6.45, 7) is 3.56. The van der Waals surface area contributed by atoms with Crippen LogP contribution in [0.4, 0.5) is 0 Å². The van der Waals surface area contributed by atoms with Crippen molar-refractivity contribution in [2.24, 2.45) is 0 Å². The summed E-state index contributed by atoms with van der Waals surface area (Å²) in [5.74, 6) is -1.18. The normalized spacial score (nSPS) is 15.1. The zero-order valence-corrected chi connectivity index (χ0v) is 15.5. The highest BCUT2D eigenvalue weighted by Gasteiger charge is 2.27. The Kier molecular flexibility index (Phi) is 5.95. The molecule has 1 amide bonds. The van der Waals surface area contributed by atoms with Crippen molar-refractivity contribution in [3.05, 3.63) is 34.7 Å². The summed E-state index contributed by atoms with van der Waals surface area (Å²) in [5.41, 5.74) is 1.28. The topological polar surface area (TPSA) is 93.8 Å². The molecule has 1 fully saturated rings. The van der Waals surface area contributed by atoms with E-state index >= 15 is 0 Å². The molecule has 146 valence electrons. The molecule has 1 aliphatic rings. The Bertz CT molecular complexity index is 879. The number of aliphatic carboxylic acids is 1. The molecule has 0 unspecified atom stereocenters. The predicted molar refractivity (Wildman–Crippen MR) is 99.7 cm³/mol. The van der Waals surface area contributed by atoms with Gasteiger partial charge in [0.05, 0.1) is 17.5 Å². The van der Waals surface area contributed by atoms with Gasteiger partial charge in [0.25, 0.3) is 0 Å². The number of benzene rings is 1. The number of fused-ring (bicyclic) bond motifs is 1. The predicted octanol–water partition coefficient (Wildman–Crippen LogP) is 1.31. The average molecular weight is 375 g/mol. The molecule has 1 aromatic carbocycles. The van der Waals surface area contributed by atoms with E-state index < -0.39 is 5.97 Å². The summed E-state index contributed by atoms with van der Waals surface area (Å²) in [4.78, 5) is 38.4. The molecule has 1 saturated heterocycles. The fourth-order valence-electron chi connectivity index (χ4n) is 3.68. The fourth-order valence-corrected chi connectivity index (χ4v) is 3.68. The third-order valence-corrected chi connectivity index (χ3v) is 5.05. The minimum absolute atomic E-state index is 0.0548. The third-order valence-electron chi connectivity index (χ3n) is 5.05. The van der Waals surface area contributed by atoms with E-state index in [1.54, 1.807) is 9.47 Å². The highest BCUT2D eigenvalue weighted by molar-refractivity contribution is 5.81. The molecule has 1 N–H and O–H groups in total. The Morgan fingerprint density at radius 1 is 1.19 bits per heavy atom. The molecule has 1 aromatic heterocycles. The largest absolute Gasteiger partial charge is 0.481 e. The smallest absolute Gasteiger partial charge is 0.329 e. The number of ether oxygens (including phenoxy) is 1. The maximum Gasteiger partial charge on any atom is 0.329 e. The molecule has 27 heavy (non-hydrogen) atoms. The molecule has 2 heterocycles. The number of hydrogen-bond donors (Lipinski definition) is 1. The van der Waals surface area contributed by atoms with Crippen LogP contribution >= 0.6 is 0 Å². The maximum atomic E-state index is 13.0. The van der Waals surface area contributed by atoms with Crippen LogP contribution in [0.5, 0.6) is 0 Å². The second-order valence-electron chi connectivity index (χ2n) is 6.68. The number of amides is 1. The van der Waals surface area contributed by atoms with Crippen LogP contribution in [0.3, 0.4) is 0 Å². The first-order chi connectivity index (χ1) is 13.0. The Morgan fingerprint density at radius 3 is 2.41 bits per heavy atom. The number of imidazole rings is 1. The van der Waals surface area contributed by atoms with Crippen LogP contribution in [0.25, 0.3) is 11.0 Å². The van der Waals surface area contributed by atoms with Crippen molar-refractivity contribution in [2.45, 2.75) is 45.3 Å². The van der Waals surface area contributed by atoms with Gasteiger partial charge in [-0.05, 0) is 31.9 Å². The second-order valence-corrected chi connectivity index (χ2v) is 6.68. The highest BCUT2D eigenvalue weighted by Crippen LogP contribution is 2.17. The zero-order valence-electron chi connectivity index (χ0n) is 15.5. The number of nitrogens with zero attached hydrogens (tertiary/aromatic N) is 3. The molecule has 3 rings (SSSR count). The van der Waals surface area contributed by atoms with Crippen molar-refractivity contribution in [3.8, 4) is 0 Å². The molecular weight excluding hydrogens is 350 g/mol. The first-order valence-electron chi connectivity index (χ1n) is 9.30. The lowest BCUT2D eigenvalue weighted by Crippen LogP contribution is -2.46. The van der Waals surface area contributed by atoms with Crippen molar-refractivity contribution in [2.75, 3.05) is 19.8 Å². The lowest BCUT2D eigenvalue weighted by molar-refractivity contribution is -0.140. The quantitative estimate of drug-likeness (QED) is 0.787. The second kappa shape index (κ2) is 8.39. The van der Waals surface area contributed by atoms with E-state index in [1.807, 2.05) is 31.2 Å². The Balaban J connectivity index is 1.89. The van der Waals surface area contributed by atoms with Crippen molar-refractivity contribution in [3.63, 3.8) is 0 Å². The van der Waals surface area contributed by atoms with Crippen LogP contribution < -0.4 is 5.69 Å². The van der Waals surface area contributed by atoms with Gasteiger partial charge >= 0.3 is 11.7 Å². The van der Waals surface area contributed by atoms with E-state index in [2.05, 4.69) is 0 Å². The van der Waals surface area contributed by atoms with E-state index in [0.717, 1.165) is 5.52 Å². The summed E-state index contributed by atoms with van der Waals surface area (Å²) in [6.07, 6.45) is 1.24. The summed E-state index contributed by atoms with van der Waals surface area (Å²) in [6, 6.07) is 7.33. The number of carboxylic acids is 1. The molecule has 0 atom stereocenters. The molecule has 8 heteroatoms. The molecule has 1 aliphatic heterocycles. The first-order valence-corrected chi connectivity index (χ1v) is 9.30. The van der Waals surface area contributed by atoms with E-state index in [4.69, 9.17) is 9.84 Å². The van der Waals surface area contributed by atoms with Crippen LogP contribution in [-0.2, 0) is 27.4 Å². The van der Waals surface area contributed by atoms with Gasteiger partial charge in [0.1, 0.15) is 6.54 Å². The van der Waals surface area contributed by atoms with E-state index in [9.17, 15) is 14.4 Å². The minimum atomic E-state index is -0.945. The van der Waals surface area contributed by atoms with Crippen molar-refractivity contribution in [1.29, 1.82) is 0 Å². The zero-order chi connectivity index (χ0) is 19.4. The van der Waals surface area contributed by atoms with E-state index in [-0.39, 0.29) is 37.1 Å². The molecule has 0 spiro atoms. The number of carbonyl (C=O) groups is 2. The average Bonchev–Trinajstić information content (AvgIpc) is 2.94. The monoisotopic (exact) mass is 375 g/mol. The minimum Gasteiger partial charge on any atom is -0.481 e. The van der Waals surface area contributed by atoms with Gasteiger partial charge in [0, 0.05) is 32.3 Å². The number of aromatic nitrogens is 2. The molecule has 8 nitrogen and oxygen atoms in total. The van der Waals surface area contributed by atoms with Crippen molar-refractivity contribution >= 4 is 22.9 Å². The Labute approximate surface area is 156 Å². The summed E-state index contributed by atoms with van der Waals surface area (Å²) in [5, 5.41) is 9.03. The molecule has 0 aliphatic carbocycles. The Morgan fingerprint density at radius 2 is 1.81 bits per heavy atom. The number of carboxylic acid groups (broad SMARTS) is 1. The van der Waals surface area contributed by atoms with Gasteiger partial charge in [-0.3, -0.25) is 18.7 Å². The maximum absolute atomic E-state index is 13.0. The van der Waals surface area contributed by atoms with E-state index in [0.29, 0.717) is 38.1 Å². The number of rotatable bonds is 7. The summed E-state index contributed by atoms with van der Waals surface area (Å²) >= 11 is 0. The summed E-state index contributed by atoms with van der Waals surface area (Å²) < 4.78 is 8.47. The molecular formula is C19H25N3O5. The van der Waals surface area contributed by atoms with Gasteiger partial charge in [0.2, 0.25) is 5.91 Å².